The van der Waals surface area contributed by atoms with Crippen LogP contribution in [-0.4, -0.2) is 18.1 Å². The Kier molecular flexibility index (Phi) is 5.34. The molecule has 2 aromatic carbocycles. The molecule has 0 saturated heterocycles. The van der Waals surface area contributed by atoms with Gasteiger partial charge in [-0.25, -0.2) is 0 Å². The lowest BCUT2D eigenvalue weighted by Crippen LogP contribution is -2.33. The van der Waals surface area contributed by atoms with Gasteiger partial charge >= 0.3 is 5.97 Å². The Bertz CT molecular complexity index is 602. The SMILES string of the molecule is CC(C)OC(=O)C(N)CCCc1cccc2ccccc12. The highest BCUT2D eigenvalue weighted by atomic mass is 16.5. The van der Waals surface area contributed by atoms with Crippen LogP contribution in [0.5, 0.6) is 0 Å². The number of esters is 1. The van der Waals surface area contributed by atoms with E-state index in [1.54, 1.807) is 0 Å². The van der Waals surface area contributed by atoms with Crippen molar-refractivity contribution in [1.29, 1.82) is 0 Å². The average Bonchev–Trinajstić information content (AvgIpc) is 2.46. The molecule has 0 amide bonds. The molecule has 2 rings (SSSR count). The van der Waals surface area contributed by atoms with Crippen LogP contribution in [0.1, 0.15) is 32.3 Å². The van der Waals surface area contributed by atoms with Gasteiger partial charge in [-0.3, -0.25) is 4.79 Å². The maximum absolute atomic E-state index is 11.7. The van der Waals surface area contributed by atoms with Crippen molar-refractivity contribution in [3.8, 4) is 0 Å². The van der Waals surface area contributed by atoms with Gasteiger partial charge in [0.25, 0.3) is 0 Å². The first-order chi connectivity index (χ1) is 10.1. The number of ether oxygens (including phenoxy) is 1. The topological polar surface area (TPSA) is 52.3 Å². The average molecular weight is 285 g/mol. The lowest BCUT2D eigenvalue weighted by Gasteiger charge is -2.14. The summed E-state index contributed by atoms with van der Waals surface area (Å²) < 4.78 is 5.12. The van der Waals surface area contributed by atoms with Gasteiger partial charge in [0.2, 0.25) is 0 Å². The predicted molar refractivity (Wildman–Crippen MR) is 86.1 cm³/mol. The van der Waals surface area contributed by atoms with E-state index in [0.717, 1.165) is 12.8 Å². The Labute approximate surface area is 126 Å². The van der Waals surface area contributed by atoms with Crippen LogP contribution < -0.4 is 5.73 Å². The molecule has 0 radical (unpaired) electrons. The van der Waals surface area contributed by atoms with Gasteiger partial charge in [0.15, 0.2) is 0 Å². The number of nitrogens with two attached hydrogens (primary N) is 1. The van der Waals surface area contributed by atoms with Crippen molar-refractivity contribution in [2.75, 3.05) is 0 Å². The number of benzene rings is 2. The number of carbonyl (C=O) groups excluding carboxylic acids is 1. The highest BCUT2D eigenvalue weighted by Crippen LogP contribution is 2.20. The normalized spacial score (nSPS) is 12.6. The fraction of sp³-hybridized carbons (Fsp3) is 0.389. The van der Waals surface area contributed by atoms with Crippen LogP contribution in [0, 0.1) is 0 Å². The van der Waals surface area contributed by atoms with Crippen LogP contribution >= 0.6 is 0 Å². The van der Waals surface area contributed by atoms with E-state index in [9.17, 15) is 4.79 Å². The van der Waals surface area contributed by atoms with E-state index < -0.39 is 6.04 Å². The molecule has 2 N–H and O–H groups in total. The fourth-order valence-electron chi connectivity index (χ4n) is 2.46. The lowest BCUT2D eigenvalue weighted by molar-refractivity contribution is -0.149. The summed E-state index contributed by atoms with van der Waals surface area (Å²) in [7, 11) is 0. The van der Waals surface area contributed by atoms with Gasteiger partial charge in [0, 0.05) is 0 Å². The summed E-state index contributed by atoms with van der Waals surface area (Å²) in [6.07, 6.45) is 2.34. The van der Waals surface area contributed by atoms with Crippen LogP contribution in [0.15, 0.2) is 42.5 Å². The molecule has 1 unspecified atom stereocenters. The van der Waals surface area contributed by atoms with Gasteiger partial charge in [0.05, 0.1) is 6.10 Å². The van der Waals surface area contributed by atoms with E-state index in [2.05, 4.69) is 36.4 Å². The minimum Gasteiger partial charge on any atom is -0.462 e. The van der Waals surface area contributed by atoms with Gasteiger partial charge in [0.1, 0.15) is 6.04 Å². The molecule has 112 valence electrons. The molecule has 0 saturated carbocycles. The Morgan fingerprint density at radius 3 is 2.62 bits per heavy atom. The van der Waals surface area contributed by atoms with Crippen molar-refractivity contribution < 1.29 is 9.53 Å². The Hall–Kier alpha value is -1.87. The molecule has 3 nitrogen and oxygen atoms in total. The number of rotatable bonds is 6. The number of hydrogen-bond donors (Lipinski definition) is 1. The maximum Gasteiger partial charge on any atom is 0.323 e. The third-order valence-electron chi connectivity index (χ3n) is 3.50. The molecule has 0 aliphatic heterocycles. The third kappa shape index (κ3) is 4.30. The van der Waals surface area contributed by atoms with Gasteiger partial charge < -0.3 is 10.5 Å². The van der Waals surface area contributed by atoms with Gasteiger partial charge in [-0.1, -0.05) is 42.5 Å². The van der Waals surface area contributed by atoms with Crippen molar-refractivity contribution >= 4 is 16.7 Å². The second kappa shape index (κ2) is 7.23. The molecule has 0 aliphatic carbocycles. The fourth-order valence-corrected chi connectivity index (χ4v) is 2.46. The summed E-state index contributed by atoms with van der Waals surface area (Å²) in [5, 5.41) is 2.52. The summed E-state index contributed by atoms with van der Waals surface area (Å²) in [6, 6.07) is 14.2. The van der Waals surface area contributed by atoms with Gasteiger partial charge in [-0.2, -0.15) is 0 Å². The Morgan fingerprint density at radius 1 is 1.14 bits per heavy atom. The zero-order chi connectivity index (χ0) is 15.2. The van der Waals surface area contributed by atoms with E-state index in [1.807, 2.05) is 19.9 Å². The van der Waals surface area contributed by atoms with Crippen LogP contribution in [0.4, 0.5) is 0 Å². The highest BCUT2D eigenvalue weighted by Gasteiger charge is 2.15. The first-order valence-electron chi connectivity index (χ1n) is 7.50. The summed E-state index contributed by atoms with van der Waals surface area (Å²) >= 11 is 0. The summed E-state index contributed by atoms with van der Waals surface area (Å²) in [4.78, 5) is 11.7. The minimum atomic E-state index is -0.526. The lowest BCUT2D eigenvalue weighted by atomic mass is 9.99. The van der Waals surface area contributed by atoms with Crippen molar-refractivity contribution in [1.82, 2.24) is 0 Å². The van der Waals surface area contributed by atoms with E-state index in [4.69, 9.17) is 10.5 Å². The minimum absolute atomic E-state index is 0.110. The van der Waals surface area contributed by atoms with E-state index in [0.29, 0.717) is 6.42 Å². The standard InChI is InChI=1S/C18H23NO2/c1-13(2)21-18(20)17(19)12-6-10-15-9-5-8-14-7-3-4-11-16(14)15/h3-5,7-9,11,13,17H,6,10,12,19H2,1-2H3. The summed E-state index contributed by atoms with van der Waals surface area (Å²) in [6.45, 7) is 3.67. The molecule has 0 aromatic heterocycles. The monoisotopic (exact) mass is 285 g/mol. The molecular weight excluding hydrogens is 262 g/mol. The zero-order valence-corrected chi connectivity index (χ0v) is 12.7. The number of hydrogen-bond acceptors (Lipinski definition) is 3. The molecule has 1 atom stereocenters. The highest BCUT2D eigenvalue weighted by molar-refractivity contribution is 5.85. The number of carbonyl (C=O) groups is 1. The molecule has 0 heterocycles. The molecule has 21 heavy (non-hydrogen) atoms. The maximum atomic E-state index is 11.7. The molecule has 0 spiro atoms. The molecule has 2 aromatic rings. The second-order valence-corrected chi connectivity index (χ2v) is 5.62. The zero-order valence-electron chi connectivity index (χ0n) is 12.7. The van der Waals surface area contributed by atoms with E-state index in [1.165, 1.54) is 16.3 Å². The van der Waals surface area contributed by atoms with Crippen molar-refractivity contribution in [3.63, 3.8) is 0 Å². The largest absolute Gasteiger partial charge is 0.462 e. The number of fused-ring (bicyclic) bond motifs is 1. The summed E-state index contributed by atoms with van der Waals surface area (Å²) in [5.74, 6) is -0.303. The summed E-state index contributed by atoms with van der Waals surface area (Å²) in [5.41, 5.74) is 7.17. The van der Waals surface area contributed by atoms with Crippen molar-refractivity contribution in [3.05, 3.63) is 48.0 Å². The van der Waals surface area contributed by atoms with E-state index >= 15 is 0 Å². The second-order valence-electron chi connectivity index (χ2n) is 5.62. The Morgan fingerprint density at radius 2 is 1.86 bits per heavy atom. The van der Waals surface area contributed by atoms with Crippen LogP contribution in [0.2, 0.25) is 0 Å². The molecule has 0 aliphatic rings. The molecule has 0 fully saturated rings. The first-order valence-corrected chi connectivity index (χ1v) is 7.50. The third-order valence-corrected chi connectivity index (χ3v) is 3.50. The van der Waals surface area contributed by atoms with Gasteiger partial charge in [-0.15, -0.1) is 0 Å². The molecule has 0 bridgehead atoms. The quantitative estimate of drug-likeness (QED) is 0.827. The predicted octanol–water partition coefficient (Wildman–Crippen LogP) is 3.44. The van der Waals surface area contributed by atoms with E-state index in [-0.39, 0.29) is 12.1 Å². The van der Waals surface area contributed by atoms with Crippen LogP contribution in [0.3, 0.4) is 0 Å². The van der Waals surface area contributed by atoms with Crippen LogP contribution in [-0.2, 0) is 16.0 Å². The first kappa shape index (κ1) is 15.5. The Balaban J connectivity index is 1.92. The number of aryl methyl sites for hydroxylation is 1. The van der Waals surface area contributed by atoms with Crippen LogP contribution in [0.25, 0.3) is 10.8 Å². The van der Waals surface area contributed by atoms with Crippen molar-refractivity contribution in [2.45, 2.75) is 45.3 Å². The smallest absolute Gasteiger partial charge is 0.323 e. The van der Waals surface area contributed by atoms with Crippen molar-refractivity contribution in [2.24, 2.45) is 5.73 Å². The van der Waals surface area contributed by atoms with Gasteiger partial charge in [-0.05, 0) is 49.4 Å². The molecular formula is C18H23NO2. The molecule has 3 heteroatoms.